The van der Waals surface area contributed by atoms with Gasteiger partial charge in [0.25, 0.3) is 0 Å². The molecule has 178 valence electrons. The van der Waals surface area contributed by atoms with Gasteiger partial charge in [0.15, 0.2) is 17.2 Å². The van der Waals surface area contributed by atoms with Crippen LogP contribution < -0.4 is 9.47 Å². The summed E-state index contributed by atoms with van der Waals surface area (Å²) in [4.78, 5) is 16.6. The van der Waals surface area contributed by atoms with Gasteiger partial charge in [-0.05, 0) is 47.0 Å². The minimum Gasteiger partial charge on any atom is -0.485 e. The average Bonchev–Trinajstić information content (AvgIpc) is 3.27. The van der Waals surface area contributed by atoms with Gasteiger partial charge >= 0.3 is 5.97 Å². The Bertz CT molecular complexity index is 1430. The number of esters is 1. The summed E-state index contributed by atoms with van der Waals surface area (Å²) in [5.74, 6) is -0.130. The molecule has 5 rings (SSSR count). The number of cyclic esters (lactones) is 1. The van der Waals surface area contributed by atoms with E-state index in [1.165, 1.54) is 12.1 Å². The molecule has 0 radical (unpaired) electrons. The molecule has 0 N–H and O–H groups in total. The van der Waals surface area contributed by atoms with Crippen molar-refractivity contribution in [3.63, 3.8) is 0 Å². The molecule has 1 aliphatic rings. The van der Waals surface area contributed by atoms with Crippen LogP contribution in [0.5, 0.6) is 11.5 Å². The summed E-state index contributed by atoms with van der Waals surface area (Å²) < 4.78 is 31.5. The first-order valence-electron chi connectivity index (χ1n) is 11.4. The van der Waals surface area contributed by atoms with Crippen LogP contribution in [0.15, 0.2) is 114 Å². The first-order chi connectivity index (χ1) is 17.7. The van der Waals surface area contributed by atoms with Crippen molar-refractivity contribution in [1.29, 1.82) is 0 Å². The zero-order valence-electron chi connectivity index (χ0n) is 19.3. The second-order valence-electron chi connectivity index (χ2n) is 8.07. The third-order valence-corrected chi connectivity index (χ3v) is 5.47. The molecule has 0 saturated carbocycles. The van der Waals surface area contributed by atoms with Crippen LogP contribution in [0.25, 0.3) is 6.08 Å². The molecule has 36 heavy (non-hydrogen) atoms. The number of hydrogen-bond donors (Lipinski definition) is 0. The number of carbonyl (C=O) groups excluding carboxylic acids is 1. The van der Waals surface area contributed by atoms with Crippen LogP contribution in [-0.4, -0.2) is 11.9 Å². The third kappa shape index (κ3) is 5.50. The zero-order valence-corrected chi connectivity index (χ0v) is 19.3. The lowest BCUT2D eigenvalue weighted by molar-refractivity contribution is -0.129. The Labute approximate surface area is 208 Å². The van der Waals surface area contributed by atoms with Crippen molar-refractivity contribution in [1.82, 2.24) is 0 Å². The van der Waals surface area contributed by atoms with E-state index in [0.29, 0.717) is 30.3 Å². The van der Waals surface area contributed by atoms with E-state index in [9.17, 15) is 9.18 Å². The topological polar surface area (TPSA) is 57.1 Å². The molecule has 0 unspecified atom stereocenters. The Morgan fingerprint density at radius 1 is 0.750 bits per heavy atom. The van der Waals surface area contributed by atoms with Crippen LogP contribution in [-0.2, 0) is 22.7 Å². The lowest BCUT2D eigenvalue weighted by Gasteiger charge is -2.14. The van der Waals surface area contributed by atoms with E-state index < -0.39 is 11.8 Å². The summed E-state index contributed by atoms with van der Waals surface area (Å²) in [6.07, 6.45) is 1.58. The largest absolute Gasteiger partial charge is 0.485 e. The smallest absolute Gasteiger partial charge is 0.363 e. The molecule has 1 heterocycles. The van der Waals surface area contributed by atoms with E-state index in [-0.39, 0.29) is 17.2 Å². The van der Waals surface area contributed by atoms with E-state index in [0.717, 1.165) is 11.1 Å². The predicted octanol–water partition coefficient (Wildman–Crippen LogP) is 6.33. The summed E-state index contributed by atoms with van der Waals surface area (Å²) in [5.41, 5.74) is 2.90. The number of benzene rings is 4. The second-order valence-corrected chi connectivity index (χ2v) is 8.07. The Morgan fingerprint density at radius 3 is 2.03 bits per heavy atom. The van der Waals surface area contributed by atoms with E-state index in [1.54, 1.807) is 36.4 Å². The molecule has 0 fully saturated rings. The van der Waals surface area contributed by atoms with Gasteiger partial charge in [0.1, 0.15) is 19.0 Å². The van der Waals surface area contributed by atoms with Gasteiger partial charge in [-0.1, -0.05) is 78.9 Å². The van der Waals surface area contributed by atoms with Crippen molar-refractivity contribution in [2.45, 2.75) is 13.2 Å². The zero-order chi connectivity index (χ0) is 24.7. The summed E-state index contributed by atoms with van der Waals surface area (Å²) in [6, 6.07) is 31.0. The van der Waals surface area contributed by atoms with Crippen molar-refractivity contribution in [3.05, 3.63) is 137 Å². The lowest BCUT2D eigenvalue weighted by Crippen LogP contribution is -2.07. The molecular weight excluding hydrogens is 457 g/mol. The lowest BCUT2D eigenvalue weighted by atomic mass is 10.1. The third-order valence-electron chi connectivity index (χ3n) is 5.47. The molecule has 0 aromatic heterocycles. The maximum Gasteiger partial charge on any atom is 0.363 e. The summed E-state index contributed by atoms with van der Waals surface area (Å²) in [6.45, 7) is 0.728. The van der Waals surface area contributed by atoms with Gasteiger partial charge in [-0.25, -0.2) is 14.2 Å². The van der Waals surface area contributed by atoms with Crippen molar-refractivity contribution in [2.75, 3.05) is 0 Å². The van der Waals surface area contributed by atoms with Crippen LogP contribution in [0.3, 0.4) is 0 Å². The summed E-state index contributed by atoms with van der Waals surface area (Å²) >= 11 is 0. The highest BCUT2D eigenvalue weighted by molar-refractivity contribution is 6.12. The maximum absolute atomic E-state index is 14.1. The standard InChI is InChI=1S/C30H22FNO4/c31-25-14-8-7-13-24(25)29-32-26(30(33)36-29)17-23-15-16-27(34-19-21-9-3-1-4-10-21)28(18-23)35-20-22-11-5-2-6-12-22/h1-18H,19-20H2/b26-17-. The van der Waals surface area contributed by atoms with Gasteiger partial charge in [-0.2, -0.15) is 0 Å². The highest BCUT2D eigenvalue weighted by atomic mass is 19.1. The Hall–Kier alpha value is -4.71. The van der Waals surface area contributed by atoms with Crippen LogP contribution in [0.2, 0.25) is 0 Å². The summed E-state index contributed by atoms with van der Waals surface area (Å²) in [7, 11) is 0. The van der Waals surface area contributed by atoms with Crippen molar-refractivity contribution >= 4 is 17.9 Å². The molecule has 0 amide bonds. The fraction of sp³-hybridized carbons (Fsp3) is 0.0667. The van der Waals surface area contributed by atoms with Crippen LogP contribution in [0.1, 0.15) is 22.3 Å². The minimum absolute atomic E-state index is 0.0623. The molecule has 1 aliphatic heterocycles. The maximum atomic E-state index is 14.1. The molecule has 0 spiro atoms. The molecule has 5 nitrogen and oxygen atoms in total. The van der Waals surface area contributed by atoms with Crippen molar-refractivity contribution < 1.29 is 23.4 Å². The first kappa shape index (κ1) is 23.1. The number of rotatable bonds is 8. The first-order valence-corrected chi connectivity index (χ1v) is 11.4. The number of ether oxygens (including phenoxy) is 3. The van der Waals surface area contributed by atoms with Crippen LogP contribution >= 0.6 is 0 Å². The van der Waals surface area contributed by atoms with E-state index in [1.807, 2.05) is 60.7 Å². The summed E-state index contributed by atoms with van der Waals surface area (Å²) in [5, 5.41) is 0. The fourth-order valence-electron chi connectivity index (χ4n) is 3.63. The van der Waals surface area contributed by atoms with E-state index >= 15 is 0 Å². The Morgan fingerprint density at radius 2 is 1.36 bits per heavy atom. The monoisotopic (exact) mass is 479 g/mol. The van der Waals surface area contributed by atoms with Gasteiger partial charge in [-0.3, -0.25) is 0 Å². The normalized spacial score (nSPS) is 13.9. The number of hydrogen-bond acceptors (Lipinski definition) is 5. The fourth-order valence-corrected chi connectivity index (χ4v) is 3.63. The predicted molar refractivity (Wildman–Crippen MR) is 135 cm³/mol. The average molecular weight is 480 g/mol. The Balaban J connectivity index is 1.41. The number of carbonyl (C=O) groups is 1. The number of aliphatic imine (C=N–C) groups is 1. The second kappa shape index (κ2) is 10.7. The van der Waals surface area contributed by atoms with Gasteiger partial charge in [0, 0.05) is 0 Å². The van der Waals surface area contributed by atoms with E-state index in [2.05, 4.69) is 4.99 Å². The van der Waals surface area contributed by atoms with E-state index in [4.69, 9.17) is 14.2 Å². The van der Waals surface area contributed by atoms with Gasteiger partial charge < -0.3 is 14.2 Å². The molecular formula is C30H22FNO4. The van der Waals surface area contributed by atoms with Crippen molar-refractivity contribution in [2.24, 2.45) is 4.99 Å². The molecule has 0 atom stereocenters. The van der Waals surface area contributed by atoms with Gasteiger partial charge in [-0.15, -0.1) is 0 Å². The van der Waals surface area contributed by atoms with Crippen LogP contribution in [0, 0.1) is 5.82 Å². The van der Waals surface area contributed by atoms with Gasteiger partial charge in [0.2, 0.25) is 5.90 Å². The molecule has 6 heteroatoms. The number of halogens is 1. The Kier molecular flexibility index (Phi) is 6.85. The quantitative estimate of drug-likeness (QED) is 0.219. The SMILES string of the molecule is O=C1OC(c2ccccc2F)=N/C1=C\c1ccc(OCc2ccccc2)c(OCc2ccccc2)c1. The van der Waals surface area contributed by atoms with Crippen molar-refractivity contribution in [3.8, 4) is 11.5 Å². The molecule has 4 aromatic carbocycles. The number of nitrogens with zero attached hydrogens (tertiary/aromatic N) is 1. The highest BCUT2D eigenvalue weighted by Gasteiger charge is 2.26. The minimum atomic E-state index is -0.649. The molecule has 0 saturated heterocycles. The molecule has 0 aliphatic carbocycles. The van der Waals surface area contributed by atoms with Gasteiger partial charge in [0.05, 0.1) is 5.56 Å². The molecule has 4 aromatic rings. The highest BCUT2D eigenvalue weighted by Crippen LogP contribution is 2.31. The van der Waals surface area contributed by atoms with Crippen LogP contribution in [0.4, 0.5) is 4.39 Å². The molecule has 0 bridgehead atoms.